The van der Waals surface area contributed by atoms with Gasteiger partial charge in [0.15, 0.2) is 0 Å². The van der Waals surface area contributed by atoms with E-state index < -0.39 is 10.0 Å². The van der Waals surface area contributed by atoms with Crippen LogP contribution in [0, 0.1) is 13.8 Å². The molecule has 0 unspecified atom stereocenters. The first-order chi connectivity index (χ1) is 11.0. The molecule has 1 aliphatic rings. The molecule has 130 valence electrons. The van der Waals surface area contributed by atoms with Gasteiger partial charge in [0.2, 0.25) is 10.0 Å². The van der Waals surface area contributed by atoms with Gasteiger partial charge in [0.05, 0.1) is 6.61 Å². The number of ether oxygens (including phenoxy) is 1. The van der Waals surface area contributed by atoms with E-state index in [4.69, 9.17) is 4.74 Å². The summed E-state index contributed by atoms with van der Waals surface area (Å²) in [5.41, 5.74) is 2.05. The zero-order chi connectivity index (χ0) is 16.9. The van der Waals surface area contributed by atoms with Crippen LogP contribution in [0.5, 0.6) is 5.75 Å². The van der Waals surface area contributed by atoms with Crippen LogP contribution in [-0.4, -0.2) is 32.4 Å². The van der Waals surface area contributed by atoms with Gasteiger partial charge in [-0.1, -0.05) is 26.2 Å². The molecule has 1 aromatic rings. The van der Waals surface area contributed by atoms with E-state index in [0.29, 0.717) is 30.3 Å². The molecular weight excluding hydrogens is 310 g/mol. The van der Waals surface area contributed by atoms with Gasteiger partial charge >= 0.3 is 0 Å². The summed E-state index contributed by atoms with van der Waals surface area (Å²) >= 11 is 0. The van der Waals surface area contributed by atoms with Crippen LogP contribution in [0.3, 0.4) is 0 Å². The van der Waals surface area contributed by atoms with Gasteiger partial charge in [-0.15, -0.1) is 0 Å². The van der Waals surface area contributed by atoms with Crippen LogP contribution in [0.1, 0.15) is 56.6 Å². The van der Waals surface area contributed by atoms with E-state index in [9.17, 15) is 8.42 Å². The molecular formula is C18H29NO3S. The quantitative estimate of drug-likeness (QED) is 0.735. The molecule has 0 saturated carbocycles. The van der Waals surface area contributed by atoms with Crippen molar-refractivity contribution in [2.45, 2.75) is 64.2 Å². The van der Waals surface area contributed by atoms with Crippen LogP contribution in [-0.2, 0) is 10.0 Å². The molecule has 0 N–H and O–H groups in total. The number of aryl methyl sites for hydroxylation is 2. The molecule has 4 nitrogen and oxygen atoms in total. The standard InChI is InChI=1S/C18H29NO3S/c1-4-5-12-22-17-13-15(2)16(3)14-18(17)23(20,21)19-10-8-6-7-9-11-19/h13-14H,4-12H2,1-3H3. The van der Waals surface area contributed by atoms with Crippen molar-refractivity contribution in [2.24, 2.45) is 0 Å². The molecule has 0 bridgehead atoms. The summed E-state index contributed by atoms with van der Waals surface area (Å²) < 4.78 is 33.7. The largest absolute Gasteiger partial charge is 0.492 e. The minimum atomic E-state index is -3.48. The summed E-state index contributed by atoms with van der Waals surface area (Å²) in [6.07, 6.45) is 6.05. The summed E-state index contributed by atoms with van der Waals surface area (Å²) in [5, 5.41) is 0. The molecule has 1 heterocycles. The molecule has 0 aromatic heterocycles. The summed E-state index contributed by atoms with van der Waals surface area (Å²) in [4.78, 5) is 0.332. The normalized spacial score (nSPS) is 17.0. The summed E-state index contributed by atoms with van der Waals surface area (Å²) in [6, 6.07) is 3.65. The number of sulfonamides is 1. The van der Waals surface area contributed by atoms with Gasteiger partial charge in [0.1, 0.15) is 10.6 Å². The van der Waals surface area contributed by atoms with Crippen LogP contribution in [0.15, 0.2) is 17.0 Å². The lowest BCUT2D eigenvalue weighted by molar-refractivity contribution is 0.300. The smallest absolute Gasteiger partial charge is 0.246 e. The van der Waals surface area contributed by atoms with E-state index in [1.165, 1.54) is 0 Å². The van der Waals surface area contributed by atoms with Gasteiger partial charge in [-0.2, -0.15) is 4.31 Å². The highest BCUT2D eigenvalue weighted by molar-refractivity contribution is 7.89. The highest BCUT2D eigenvalue weighted by atomic mass is 32.2. The Morgan fingerprint density at radius 1 is 1.04 bits per heavy atom. The summed E-state index contributed by atoms with van der Waals surface area (Å²) in [7, 11) is -3.48. The fourth-order valence-corrected chi connectivity index (χ4v) is 4.54. The van der Waals surface area contributed by atoms with Crippen LogP contribution in [0.4, 0.5) is 0 Å². The second-order valence-electron chi connectivity index (χ2n) is 6.40. The maximum Gasteiger partial charge on any atom is 0.246 e. The second-order valence-corrected chi connectivity index (χ2v) is 8.31. The molecule has 0 atom stereocenters. The lowest BCUT2D eigenvalue weighted by Crippen LogP contribution is -2.32. The first kappa shape index (κ1) is 18.3. The van der Waals surface area contributed by atoms with Crippen LogP contribution >= 0.6 is 0 Å². The number of benzene rings is 1. The molecule has 1 aromatic carbocycles. The van der Waals surface area contributed by atoms with E-state index >= 15 is 0 Å². The average Bonchev–Trinajstić information content (AvgIpc) is 2.80. The monoisotopic (exact) mass is 339 g/mol. The highest BCUT2D eigenvalue weighted by Crippen LogP contribution is 2.31. The molecule has 5 heteroatoms. The minimum absolute atomic E-state index is 0.332. The summed E-state index contributed by atoms with van der Waals surface area (Å²) in [5.74, 6) is 0.505. The van der Waals surface area contributed by atoms with Crippen LogP contribution in [0.2, 0.25) is 0 Å². The Bertz CT molecular complexity index is 617. The van der Waals surface area contributed by atoms with Crippen molar-refractivity contribution in [2.75, 3.05) is 19.7 Å². The van der Waals surface area contributed by atoms with Crippen molar-refractivity contribution >= 4 is 10.0 Å². The lowest BCUT2D eigenvalue weighted by Gasteiger charge is -2.22. The molecule has 0 radical (unpaired) electrons. The van der Waals surface area contributed by atoms with Crippen molar-refractivity contribution in [3.63, 3.8) is 0 Å². The van der Waals surface area contributed by atoms with Crippen molar-refractivity contribution in [3.05, 3.63) is 23.3 Å². The Kier molecular flexibility index (Phi) is 6.48. The van der Waals surface area contributed by atoms with E-state index in [-0.39, 0.29) is 0 Å². The lowest BCUT2D eigenvalue weighted by atomic mass is 10.1. The Labute approximate surface area is 140 Å². The Balaban J connectivity index is 2.36. The Morgan fingerprint density at radius 2 is 1.65 bits per heavy atom. The molecule has 1 aliphatic heterocycles. The van der Waals surface area contributed by atoms with Gasteiger partial charge in [0.25, 0.3) is 0 Å². The van der Waals surface area contributed by atoms with Crippen molar-refractivity contribution in [1.29, 1.82) is 0 Å². The van der Waals surface area contributed by atoms with Gasteiger partial charge in [0, 0.05) is 13.1 Å². The third-order valence-electron chi connectivity index (χ3n) is 4.50. The van der Waals surface area contributed by atoms with Gasteiger partial charge in [-0.05, 0) is 56.4 Å². The number of hydrogen-bond donors (Lipinski definition) is 0. The third-order valence-corrected chi connectivity index (χ3v) is 6.42. The fraction of sp³-hybridized carbons (Fsp3) is 0.667. The van der Waals surface area contributed by atoms with E-state index in [1.54, 1.807) is 10.4 Å². The van der Waals surface area contributed by atoms with E-state index in [2.05, 4.69) is 6.92 Å². The Hall–Kier alpha value is -1.07. The molecule has 2 rings (SSSR count). The molecule has 0 aliphatic carbocycles. The highest BCUT2D eigenvalue weighted by Gasteiger charge is 2.28. The fourth-order valence-electron chi connectivity index (χ4n) is 2.83. The van der Waals surface area contributed by atoms with Crippen LogP contribution < -0.4 is 4.74 Å². The third kappa shape index (κ3) is 4.48. The maximum atomic E-state index is 13.1. The molecule has 23 heavy (non-hydrogen) atoms. The first-order valence-electron chi connectivity index (χ1n) is 8.71. The SMILES string of the molecule is CCCCOc1cc(C)c(C)cc1S(=O)(=O)N1CCCCCC1. The van der Waals surface area contributed by atoms with Gasteiger partial charge in [-0.3, -0.25) is 0 Å². The number of unbranched alkanes of at least 4 members (excludes halogenated alkanes) is 1. The zero-order valence-electron chi connectivity index (χ0n) is 14.6. The average molecular weight is 340 g/mol. The maximum absolute atomic E-state index is 13.1. The first-order valence-corrected chi connectivity index (χ1v) is 10.1. The molecule has 1 fully saturated rings. The Morgan fingerprint density at radius 3 is 2.26 bits per heavy atom. The summed E-state index contributed by atoms with van der Waals surface area (Å²) in [6.45, 7) is 7.82. The number of hydrogen-bond acceptors (Lipinski definition) is 3. The minimum Gasteiger partial charge on any atom is -0.492 e. The number of nitrogens with zero attached hydrogens (tertiary/aromatic N) is 1. The molecule has 1 saturated heterocycles. The van der Waals surface area contributed by atoms with Gasteiger partial charge < -0.3 is 4.74 Å². The zero-order valence-corrected chi connectivity index (χ0v) is 15.4. The molecule has 0 amide bonds. The number of rotatable bonds is 6. The molecule has 0 spiro atoms. The topological polar surface area (TPSA) is 46.6 Å². The van der Waals surface area contributed by atoms with Crippen molar-refractivity contribution in [1.82, 2.24) is 4.31 Å². The van der Waals surface area contributed by atoms with Crippen LogP contribution in [0.25, 0.3) is 0 Å². The van der Waals surface area contributed by atoms with E-state index in [0.717, 1.165) is 49.7 Å². The van der Waals surface area contributed by atoms with Gasteiger partial charge in [-0.25, -0.2) is 8.42 Å². The predicted molar refractivity (Wildman–Crippen MR) is 93.5 cm³/mol. The predicted octanol–water partition coefficient (Wildman–Crippen LogP) is 4.05. The second kappa shape index (κ2) is 8.15. The van der Waals surface area contributed by atoms with E-state index in [1.807, 2.05) is 19.9 Å². The van der Waals surface area contributed by atoms with Crippen molar-refractivity contribution < 1.29 is 13.2 Å². The van der Waals surface area contributed by atoms with Crippen molar-refractivity contribution in [3.8, 4) is 5.75 Å².